The fourth-order valence-electron chi connectivity index (χ4n) is 4.00. The first-order valence-electron chi connectivity index (χ1n) is 11.9. The summed E-state index contributed by atoms with van der Waals surface area (Å²) in [5.41, 5.74) is 7.99. The zero-order valence-electron chi connectivity index (χ0n) is 20.7. The number of nitrogens with two attached hydrogens (primary N) is 1. The van der Waals surface area contributed by atoms with Crippen LogP contribution in [-0.4, -0.2) is 26.3 Å². The summed E-state index contributed by atoms with van der Waals surface area (Å²) in [4.78, 5) is 12.4. The zero-order valence-corrected chi connectivity index (χ0v) is 20.7. The first-order chi connectivity index (χ1) is 18.0. The van der Waals surface area contributed by atoms with E-state index in [1.807, 2.05) is 24.3 Å². The molecule has 0 fully saturated rings. The van der Waals surface area contributed by atoms with Crippen molar-refractivity contribution in [3.63, 3.8) is 0 Å². The summed E-state index contributed by atoms with van der Waals surface area (Å²) in [6, 6.07) is 21.8. The van der Waals surface area contributed by atoms with Gasteiger partial charge in [-0.3, -0.25) is 0 Å². The van der Waals surface area contributed by atoms with Gasteiger partial charge in [0.25, 0.3) is 0 Å². The van der Waals surface area contributed by atoms with Crippen molar-refractivity contribution in [1.82, 2.24) is 0 Å². The Labute approximate surface area is 215 Å². The van der Waals surface area contributed by atoms with Gasteiger partial charge in [0.05, 0.1) is 19.6 Å². The number of rotatable bonds is 10. The summed E-state index contributed by atoms with van der Waals surface area (Å²) in [5, 5.41) is 9.83. The van der Waals surface area contributed by atoms with Gasteiger partial charge in [-0.1, -0.05) is 43.7 Å². The molecule has 0 saturated carbocycles. The SMILES string of the molecule is CCCCOc1cccc(C2C(C#N)=C(N)Oc3cc(OC(=O)COc4ccccc4OC)ccc32)c1. The van der Waals surface area contributed by atoms with Gasteiger partial charge in [0.2, 0.25) is 5.88 Å². The lowest BCUT2D eigenvalue weighted by Gasteiger charge is -2.27. The van der Waals surface area contributed by atoms with E-state index in [0.717, 1.165) is 29.7 Å². The van der Waals surface area contributed by atoms with Gasteiger partial charge >= 0.3 is 5.97 Å². The van der Waals surface area contributed by atoms with Crippen LogP contribution in [0.1, 0.15) is 36.8 Å². The van der Waals surface area contributed by atoms with Gasteiger partial charge < -0.3 is 29.4 Å². The monoisotopic (exact) mass is 500 g/mol. The van der Waals surface area contributed by atoms with E-state index in [0.29, 0.717) is 29.4 Å². The lowest BCUT2D eigenvalue weighted by Crippen LogP contribution is -2.22. The largest absolute Gasteiger partial charge is 0.494 e. The van der Waals surface area contributed by atoms with Crippen LogP contribution < -0.4 is 29.4 Å². The number of benzene rings is 3. The van der Waals surface area contributed by atoms with Crippen molar-refractivity contribution in [3.8, 4) is 34.8 Å². The molecule has 0 radical (unpaired) electrons. The Bertz CT molecular complexity index is 1340. The van der Waals surface area contributed by atoms with Crippen LogP contribution in [0.25, 0.3) is 0 Å². The molecule has 1 aliphatic rings. The van der Waals surface area contributed by atoms with Crippen molar-refractivity contribution in [2.45, 2.75) is 25.7 Å². The zero-order chi connectivity index (χ0) is 26.2. The van der Waals surface area contributed by atoms with Crippen molar-refractivity contribution in [2.24, 2.45) is 5.73 Å². The van der Waals surface area contributed by atoms with Crippen LogP contribution in [0.3, 0.4) is 0 Å². The van der Waals surface area contributed by atoms with E-state index in [1.54, 1.807) is 42.5 Å². The molecular formula is C29H28N2O6. The number of carbonyl (C=O) groups is 1. The number of nitrogens with zero attached hydrogens (tertiary/aromatic N) is 1. The average Bonchev–Trinajstić information content (AvgIpc) is 2.91. The number of methoxy groups -OCH3 is 1. The van der Waals surface area contributed by atoms with Crippen molar-refractivity contribution in [2.75, 3.05) is 20.3 Å². The van der Waals surface area contributed by atoms with Gasteiger partial charge in [0.1, 0.15) is 28.9 Å². The fraction of sp³-hybridized carbons (Fsp3) is 0.241. The van der Waals surface area contributed by atoms with E-state index in [9.17, 15) is 10.1 Å². The highest BCUT2D eigenvalue weighted by Crippen LogP contribution is 2.44. The third-order valence-electron chi connectivity index (χ3n) is 5.79. The topological polar surface area (TPSA) is 113 Å². The second-order valence-electron chi connectivity index (χ2n) is 8.31. The van der Waals surface area contributed by atoms with Crippen LogP contribution >= 0.6 is 0 Å². The van der Waals surface area contributed by atoms with Crippen molar-refractivity contribution < 1.29 is 28.5 Å². The van der Waals surface area contributed by atoms with Gasteiger partial charge in [0, 0.05) is 11.6 Å². The van der Waals surface area contributed by atoms with Gasteiger partial charge in [0.15, 0.2) is 18.1 Å². The molecule has 2 N–H and O–H groups in total. The molecule has 0 aliphatic carbocycles. The number of unbranched alkanes of at least 4 members (excludes halogenated alkanes) is 1. The molecule has 4 rings (SSSR count). The second-order valence-corrected chi connectivity index (χ2v) is 8.31. The van der Waals surface area contributed by atoms with E-state index in [2.05, 4.69) is 13.0 Å². The lowest BCUT2D eigenvalue weighted by atomic mass is 9.83. The third kappa shape index (κ3) is 5.96. The molecule has 3 aromatic carbocycles. The number of hydrogen-bond acceptors (Lipinski definition) is 8. The molecule has 1 aliphatic heterocycles. The van der Waals surface area contributed by atoms with Crippen LogP contribution in [0, 0.1) is 11.3 Å². The minimum atomic E-state index is -0.601. The summed E-state index contributed by atoms with van der Waals surface area (Å²) in [6.45, 7) is 2.40. The Morgan fingerprint density at radius 1 is 1.03 bits per heavy atom. The average molecular weight is 501 g/mol. The highest BCUT2D eigenvalue weighted by atomic mass is 16.6. The number of carbonyl (C=O) groups excluding carboxylic acids is 1. The molecule has 1 heterocycles. The molecule has 8 nitrogen and oxygen atoms in total. The summed E-state index contributed by atoms with van der Waals surface area (Å²) in [5.74, 6) is 1.26. The summed E-state index contributed by atoms with van der Waals surface area (Å²) in [6.07, 6.45) is 1.98. The standard InChI is InChI=1S/C29H28N2O6/c1-3-4-14-34-20-9-7-8-19(15-20)28-22-13-12-21(16-26(22)37-29(31)23(28)17-30)36-27(32)18-35-25-11-6-5-10-24(25)33-2/h5-13,15-16,28H,3-4,14,18,31H2,1-2H3. The number of para-hydroxylation sites is 2. The number of fused-ring (bicyclic) bond motifs is 1. The van der Waals surface area contributed by atoms with E-state index in [1.165, 1.54) is 7.11 Å². The number of hydrogen-bond donors (Lipinski definition) is 1. The van der Waals surface area contributed by atoms with E-state index >= 15 is 0 Å². The normalized spacial score (nSPS) is 14.1. The van der Waals surface area contributed by atoms with Crippen LogP contribution in [-0.2, 0) is 4.79 Å². The van der Waals surface area contributed by atoms with Gasteiger partial charge in [-0.25, -0.2) is 4.79 Å². The third-order valence-corrected chi connectivity index (χ3v) is 5.79. The molecule has 8 heteroatoms. The second kappa shape index (κ2) is 11.9. The Morgan fingerprint density at radius 3 is 2.59 bits per heavy atom. The predicted octanol–water partition coefficient (Wildman–Crippen LogP) is 5.08. The van der Waals surface area contributed by atoms with Crippen LogP contribution in [0.2, 0.25) is 0 Å². The van der Waals surface area contributed by atoms with E-state index in [4.69, 9.17) is 29.4 Å². The number of esters is 1. The maximum atomic E-state index is 12.4. The number of ether oxygens (including phenoxy) is 5. The van der Waals surface area contributed by atoms with Gasteiger partial charge in [-0.05, 0) is 42.3 Å². The van der Waals surface area contributed by atoms with E-state index in [-0.39, 0.29) is 18.2 Å². The maximum absolute atomic E-state index is 12.4. The van der Waals surface area contributed by atoms with E-state index < -0.39 is 11.9 Å². The summed E-state index contributed by atoms with van der Waals surface area (Å²) < 4.78 is 27.8. The molecule has 0 saturated heterocycles. The highest BCUT2D eigenvalue weighted by molar-refractivity contribution is 5.74. The smallest absolute Gasteiger partial charge is 0.349 e. The molecular weight excluding hydrogens is 472 g/mol. The van der Waals surface area contributed by atoms with Gasteiger partial charge in [-0.2, -0.15) is 5.26 Å². The Hall–Kier alpha value is -4.64. The summed E-state index contributed by atoms with van der Waals surface area (Å²) >= 11 is 0. The Kier molecular flexibility index (Phi) is 8.16. The van der Waals surface area contributed by atoms with Crippen molar-refractivity contribution >= 4 is 5.97 Å². The predicted molar refractivity (Wildman–Crippen MR) is 137 cm³/mol. The maximum Gasteiger partial charge on any atom is 0.349 e. The fourth-order valence-corrected chi connectivity index (χ4v) is 4.00. The minimum absolute atomic E-state index is 0.000266. The molecule has 1 atom stereocenters. The molecule has 1 unspecified atom stereocenters. The highest BCUT2D eigenvalue weighted by Gasteiger charge is 2.31. The van der Waals surface area contributed by atoms with Crippen LogP contribution in [0.5, 0.6) is 28.7 Å². The molecule has 190 valence electrons. The quantitative estimate of drug-likeness (QED) is 0.233. The molecule has 0 amide bonds. The molecule has 37 heavy (non-hydrogen) atoms. The van der Waals surface area contributed by atoms with Gasteiger partial charge in [-0.15, -0.1) is 0 Å². The number of nitriles is 1. The first kappa shape index (κ1) is 25.5. The Morgan fingerprint density at radius 2 is 1.84 bits per heavy atom. The molecule has 0 aromatic heterocycles. The minimum Gasteiger partial charge on any atom is -0.494 e. The van der Waals surface area contributed by atoms with Crippen molar-refractivity contribution in [1.29, 1.82) is 5.26 Å². The van der Waals surface area contributed by atoms with Crippen LogP contribution in [0.15, 0.2) is 78.2 Å². The first-order valence-corrected chi connectivity index (χ1v) is 11.9. The number of allylic oxidation sites excluding steroid dienone is 1. The lowest BCUT2D eigenvalue weighted by molar-refractivity contribution is -0.136. The molecule has 3 aromatic rings. The Balaban J connectivity index is 1.53. The molecule has 0 spiro atoms. The molecule has 0 bridgehead atoms. The van der Waals surface area contributed by atoms with Crippen LogP contribution in [0.4, 0.5) is 0 Å². The summed E-state index contributed by atoms with van der Waals surface area (Å²) in [7, 11) is 1.52. The van der Waals surface area contributed by atoms with Crippen molar-refractivity contribution in [3.05, 3.63) is 89.3 Å².